The van der Waals surface area contributed by atoms with Crippen LogP contribution < -0.4 is 14.5 Å². The molecule has 13 heteroatoms. The molecular formula is C26H14Br4Cl2N2O5. The van der Waals surface area contributed by atoms with Crippen LogP contribution in [0.4, 0.5) is 11.4 Å². The highest BCUT2D eigenvalue weighted by atomic mass is 79.9. The Morgan fingerprint density at radius 3 is 2.10 bits per heavy atom. The highest BCUT2D eigenvalue weighted by molar-refractivity contribution is 9.15. The molecule has 2 aliphatic rings. The fraction of sp³-hybridized carbons (Fsp3) is 0.154. The van der Waals surface area contributed by atoms with E-state index in [1.54, 1.807) is 37.3 Å². The number of aryl methyl sites for hydroxylation is 1. The average molecular weight is 825 g/mol. The maximum atomic E-state index is 13.3. The van der Waals surface area contributed by atoms with Crippen LogP contribution in [0, 0.1) is 12.8 Å². The van der Waals surface area contributed by atoms with E-state index in [0.29, 0.717) is 39.9 Å². The molecule has 0 aromatic heterocycles. The fourth-order valence-electron chi connectivity index (χ4n) is 4.51. The van der Waals surface area contributed by atoms with Crippen molar-refractivity contribution < 1.29 is 23.9 Å². The Balaban J connectivity index is 1.35. The van der Waals surface area contributed by atoms with Crippen LogP contribution in [0.2, 0.25) is 10.0 Å². The molecule has 7 nitrogen and oxygen atoms in total. The summed E-state index contributed by atoms with van der Waals surface area (Å²) in [6.07, 6.45) is -0.0390. The maximum absolute atomic E-state index is 13.3. The first-order valence-electron chi connectivity index (χ1n) is 11.2. The third-order valence-electron chi connectivity index (χ3n) is 6.41. The lowest BCUT2D eigenvalue weighted by Crippen LogP contribution is -2.30. The number of anilines is 2. The Bertz CT molecular complexity index is 1580. The Kier molecular flexibility index (Phi) is 8.04. The van der Waals surface area contributed by atoms with Gasteiger partial charge < -0.3 is 9.64 Å². The van der Waals surface area contributed by atoms with Gasteiger partial charge in [-0.25, -0.2) is 4.90 Å². The predicted molar refractivity (Wildman–Crippen MR) is 162 cm³/mol. The molecule has 3 amide bonds. The van der Waals surface area contributed by atoms with Crippen LogP contribution in [0.3, 0.4) is 0 Å². The highest BCUT2D eigenvalue weighted by Crippen LogP contribution is 2.46. The monoisotopic (exact) mass is 820 g/mol. The Morgan fingerprint density at radius 1 is 0.897 bits per heavy atom. The first kappa shape index (κ1) is 28.8. The van der Waals surface area contributed by atoms with Crippen molar-refractivity contribution in [3.05, 3.63) is 81.0 Å². The molecule has 2 aliphatic heterocycles. The van der Waals surface area contributed by atoms with Crippen LogP contribution in [0.25, 0.3) is 0 Å². The lowest BCUT2D eigenvalue weighted by molar-refractivity contribution is -0.139. The summed E-state index contributed by atoms with van der Waals surface area (Å²) >= 11 is 26.0. The van der Waals surface area contributed by atoms with Gasteiger partial charge in [0.25, 0.3) is 11.8 Å². The van der Waals surface area contributed by atoms with Gasteiger partial charge in [0.2, 0.25) is 5.91 Å². The van der Waals surface area contributed by atoms with Gasteiger partial charge in [0.15, 0.2) is 0 Å². The number of ether oxygens (including phenoxy) is 1. The van der Waals surface area contributed by atoms with Gasteiger partial charge >= 0.3 is 5.97 Å². The SMILES string of the molecule is Cc1cc(OC(=O)[C@H]2CC(=O)N(c3cccc(Cl)c3Cl)C2)ccc1N1C(=O)c2c(Br)c(Br)c(Br)c(Br)c2C1=O. The molecule has 0 N–H and O–H groups in total. The third kappa shape index (κ3) is 4.89. The molecule has 0 spiro atoms. The van der Waals surface area contributed by atoms with Gasteiger partial charge in [-0.2, -0.15) is 0 Å². The van der Waals surface area contributed by atoms with E-state index in [4.69, 9.17) is 27.9 Å². The first-order chi connectivity index (χ1) is 18.4. The van der Waals surface area contributed by atoms with Crippen molar-refractivity contribution in [1.29, 1.82) is 0 Å². The van der Waals surface area contributed by atoms with Crippen LogP contribution in [-0.4, -0.2) is 30.2 Å². The van der Waals surface area contributed by atoms with Crippen molar-refractivity contribution in [2.75, 3.05) is 16.3 Å². The Labute approximate surface area is 266 Å². The van der Waals surface area contributed by atoms with Gasteiger partial charge in [-0.3, -0.25) is 19.2 Å². The summed E-state index contributed by atoms with van der Waals surface area (Å²) in [6.45, 7) is 1.80. The van der Waals surface area contributed by atoms with Gasteiger partial charge in [0, 0.05) is 30.9 Å². The van der Waals surface area contributed by atoms with E-state index in [1.807, 2.05) is 0 Å². The summed E-state index contributed by atoms with van der Waals surface area (Å²) in [7, 11) is 0. The van der Waals surface area contributed by atoms with E-state index in [2.05, 4.69) is 63.7 Å². The lowest BCUT2D eigenvalue weighted by atomic mass is 10.1. The first-order valence-corrected chi connectivity index (χ1v) is 15.2. The minimum Gasteiger partial charge on any atom is -0.426 e. The standard InChI is InChI=1S/C26H14Br4Cl2N2O5/c1-10-7-12(39-26(38)11-8-16(35)33(9-11)15-4-2-3-13(31)23(15)32)5-6-14(10)34-24(36)17-18(25(34)37)20(28)22(30)21(29)19(17)27/h2-7,11H,8-9H2,1H3/t11-/m0/s1. The second-order valence-electron chi connectivity index (χ2n) is 8.80. The molecule has 39 heavy (non-hydrogen) atoms. The number of esters is 1. The molecule has 0 bridgehead atoms. The molecule has 3 aromatic rings. The topological polar surface area (TPSA) is 84.0 Å². The van der Waals surface area contributed by atoms with E-state index >= 15 is 0 Å². The number of fused-ring (bicyclic) bond motifs is 1. The largest absolute Gasteiger partial charge is 0.426 e. The summed E-state index contributed by atoms with van der Waals surface area (Å²) < 4.78 is 7.67. The number of imide groups is 1. The summed E-state index contributed by atoms with van der Waals surface area (Å²) in [4.78, 5) is 54.7. The minimum atomic E-state index is -0.713. The molecule has 0 saturated carbocycles. The normalized spacial score (nSPS) is 16.8. The molecule has 0 unspecified atom stereocenters. The summed E-state index contributed by atoms with van der Waals surface area (Å²) in [6, 6.07) is 9.57. The van der Waals surface area contributed by atoms with Crippen molar-refractivity contribution in [2.45, 2.75) is 13.3 Å². The van der Waals surface area contributed by atoms with E-state index < -0.39 is 23.7 Å². The molecular weight excluding hydrogens is 811 g/mol. The van der Waals surface area contributed by atoms with Gasteiger partial charge in [-0.1, -0.05) is 29.3 Å². The maximum Gasteiger partial charge on any atom is 0.316 e. The number of carbonyl (C=O) groups is 4. The number of hydrogen-bond donors (Lipinski definition) is 0. The van der Waals surface area contributed by atoms with Crippen molar-refractivity contribution in [3.63, 3.8) is 0 Å². The Morgan fingerprint density at radius 2 is 1.51 bits per heavy atom. The van der Waals surface area contributed by atoms with Crippen molar-refractivity contribution >= 4 is 122 Å². The quantitative estimate of drug-likeness (QED) is 0.0874. The van der Waals surface area contributed by atoms with Gasteiger partial charge in [-0.05, 0) is 107 Å². The zero-order chi connectivity index (χ0) is 28.3. The molecule has 0 aliphatic carbocycles. The summed E-state index contributed by atoms with van der Waals surface area (Å²) in [5.74, 6) is -2.33. The second-order valence-corrected chi connectivity index (χ2v) is 12.8. The van der Waals surface area contributed by atoms with E-state index in [0.717, 1.165) is 4.90 Å². The van der Waals surface area contributed by atoms with Crippen LogP contribution in [0.15, 0.2) is 54.3 Å². The molecule has 1 saturated heterocycles. The number of rotatable bonds is 4. The molecule has 3 aromatic carbocycles. The number of hydrogen-bond acceptors (Lipinski definition) is 5. The Hall–Kier alpha value is -1.76. The lowest BCUT2D eigenvalue weighted by Gasteiger charge is -2.19. The summed E-state index contributed by atoms with van der Waals surface area (Å²) in [5, 5.41) is 0.543. The van der Waals surface area contributed by atoms with Crippen molar-refractivity contribution in [3.8, 4) is 5.75 Å². The zero-order valence-corrected chi connectivity index (χ0v) is 27.5. The van der Waals surface area contributed by atoms with Crippen LogP contribution >= 0.6 is 86.9 Å². The number of halogens is 6. The number of benzene rings is 3. The molecule has 1 atom stereocenters. The molecule has 5 rings (SSSR count). The molecule has 1 fully saturated rings. The second kappa shape index (κ2) is 10.9. The molecule has 2 heterocycles. The van der Waals surface area contributed by atoms with Crippen LogP contribution in [0.1, 0.15) is 32.7 Å². The van der Waals surface area contributed by atoms with Gasteiger partial charge in [-0.15, -0.1) is 0 Å². The summed E-state index contributed by atoms with van der Waals surface area (Å²) in [5.41, 5.74) is 1.78. The average Bonchev–Trinajstić information content (AvgIpc) is 3.40. The number of amides is 3. The van der Waals surface area contributed by atoms with Gasteiger partial charge in [0.1, 0.15) is 5.75 Å². The van der Waals surface area contributed by atoms with Crippen molar-refractivity contribution in [1.82, 2.24) is 0 Å². The smallest absolute Gasteiger partial charge is 0.316 e. The van der Waals surface area contributed by atoms with E-state index in [1.165, 1.54) is 11.0 Å². The molecule has 0 radical (unpaired) electrons. The third-order valence-corrected chi connectivity index (χ3v) is 12.0. The fourth-order valence-corrected chi connectivity index (χ4v) is 7.36. The van der Waals surface area contributed by atoms with E-state index in [-0.39, 0.29) is 40.8 Å². The van der Waals surface area contributed by atoms with Crippen LogP contribution in [0.5, 0.6) is 5.75 Å². The van der Waals surface area contributed by atoms with E-state index in [9.17, 15) is 19.2 Å². The number of nitrogens with zero attached hydrogens (tertiary/aromatic N) is 2. The predicted octanol–water partition coefficient (Wildman–Crippen LogP) is 8.11. The van der Waals surface area contributed by atoms with Crippen LogP contribution in [-0.2, 0) is 9.59 Å². The van der Waals surface area contributed by atoms with Gasteiger partial charge in [0.05, 0.1) is 38.5 Å². The number of carbonyl (C=O) groups excluding carboxylic acids is 4. The molecule has 200 valence electrons. The van der Waals surface area contributed by atoms with Crippen molar-refractivity contribution in [2.24, 2.45) is 5.92 Å². The highest BCUT2D eigenvalue weighted by Gasteiger charge is 2.42. The zero-order valence-electron chi connectivity index (χ0n) is 19.7. The minimum absolute atomic E-state index is 0.0390.